The van der Waals surface area contributed by atoms with Crippen molar-refractivity contribution < 1.29 is 47.8 Å². The molecule has 2 heterocycles. The number of hydrogen-bond donors (Lipinski definition) is 1. The first-order valence-electron chi connectivity index (χ1n) is 11.4. The second-order valence-electron chi connectivity index (χ2n) is 8.65. The van der Waals surface area contributed by atoms with Crippen molar-refractivity contribution in [2.75, 3.05) is 18.6 Å². The number of oxime groups is 1. The van der Waals surface area contributed by atoms with Gasteiger partial charge in [0.1, 0.15) is 18.8 Å². The molecule has 0 aliphatic carbocycles. The van der Waals surface area contributed by atoms with E-state index >= 15 is 0 Å². The molecule has 1 fully saturated rings. The smallest absolute Gasteiger partial charge is 0.303 e. The topological polar surface area (TPSA) is 159 Å². The van der Waals surface area contributed by atoms with E-state index in [-0.39, 0.29) is 5.71 Å². The summed E-state index contributed by atoms with van der Waals surface area (Å²) < 4.78 is 21.7. The Morgan fingerprint density at radius 1 is 1.03 bits per heavy atom. The lowest BCUT2D eigenvalue weighted by Gasteiger charge is -2.43. The summed E-state index contributed by atoms with van der Waals surface area (Å²) in [4.78, 5) is 67.2. The van der Waals surface area contributed by atoms with Gasteiger partial charge in [0, 0.05) is 40.3 Å². The summed E-state index contributed by atoms with van der Waals surface area (Å²) in [6, 6.07) is 4.18. The number of aryl methyl sites for hydroxylation is 1. The summed E-state index contributed by atoms with van der Waals surface area (Å²) in [6.45, 7) is 6.13. The van der Waals surface area contributed by atoms with Crippen LogP contribution in [0.2, 0.25) is 0 Å². The molecule has 0 saturated carbocycles. The van der Waals surface area contributed by atoms with Gasteiger partial charge in [-0.1, -0.05) is 16.8 Å². The number of benzene rings is 1. The molecule has 0 spiro atoms. The van der Waals surface area contributed by atoms with Crippen LogP contribution in [0.1, 0.15) is 38.8 Å². The lowest BCUT2D eigenvalue weighted by Crippen LogP contribution is -2.66. The van der Waals surface area contributed by atoms with Crippen molar-refractivity contribution in [3.05, 3.63) is 29.3 Å². The van der Waals surface area contributed by atoms with Crippen molar-refractivity contribution >= 4 is 41.1 Å². The van der Waals surface area contributed by atoms with Crippen LogP contribution in [-0.2, 0) is 47.8 Å². The Bertz CT molecular complexity index is 1130. The minimum Gasteiger partial charge on any atom is -0.463 e. The molecule has 0 aromatic heterocycles. The molecule has 13 nitrogen and oxygen atoms in total. The van der Waals surface area contributed by atoms with Crippen LogP contribution in [0.25, 0.3) is 0 Å². The highest BCUT2D eigenvalue weighted by atomic mass is 16.8. The zero-order valence-electron chi connectivity index (χ0n) is 21.3. The van der Waals surface area contributed by atoms with Gasteiger partial charge in [0.05, 0.1) is 5.69 Å². The fraction of sp³-hybridized carbons (Fsp3) is 0.500. The number of amides is 2. The number of esters is 3. The van der Waals surface area contributed by atoms with E-state index in [0.29, 0.717) is 11.3 Å². The fourth-order valence-corrected chi connectivity index (χ4v) is 4.09. The van der Waals surface area contributed by atoms with Crippen LogP contribution in [-0.4, -0.2) is 79.7 Å². The molecule has 5 unspecified atom stereocenters. The third-order valence-corrected chi connectivity index (χ3v) is 5.59. The molecule has 200 valence electrons. The van der Waals surface area contributed by atoms with Crippen LogP contribution in [0.3, 0.4) is 0 Å². The van der Waals surface area contributed by atoms with Crippen LogP contribution >= 0.6 is 0 Å². The second kappa shape index (κ2) is 11.4. The molecule has 1 N–H and O–H groups in total. The van der Waals surface area contributed by atoms with Gasteiger partial charge in [0.2, 0.25) is 5.91 Å². The number of anilines is 1. The zero-order valence-corrected chi connectivity index (χ0v) is 21.3. The Hall–Kier alpha value is -4.00. The van der Waals surface area contributed by atoms with E-state index in [2.05, 4.69) is 10.5 Å². The number of carbonyl (C=O) groups is 5. The third-order valence-electron chi connectivity index (χ3n) is 5.59. The van der Waals surface area contributed by atoms with Crippen LogP contribution in [0, 0.1) is 6.92 Å². The predicted molar refractivity (Wildman–Crippen MR) is 126 cm³/mol. The number of nitrogens with zero attached hydrogens (tertiary/aromatic N) is 2. The standard InChI is InChI=1S/C24H29N3O10/c1-11-7-8-17-16(9-11)19(23(32)27(17)6)26-37-24-20(25-12(2)28)22(35-15(5)31)21(34-14(4)30)18(36-24)10-33-13(3)29/h7-9,18,20-22,24H,10H2,1-6H3,(H,25,28). The first-order valence-corrected chi connectivity index (χ1v) is 11.4. The van der Waals surface area contributed by atoms with Crippen LogP contribution in [0.5, 0.6) is 0 Å². The van der Waals surface area contributed by atoms with Gasteiger partial charge in [-0.3, -0.25) is 24.0 Å². The molecule has 0 radical (unpaired) electrons. The van der Waals surface area contributed by atoms with Crippen molar-refractivity contribution in [1.82, 2.24) is 5.32 Å². The van der Waals surface area contributed by atoms with Crippen molar-refractivity contribution in [1.29, 1.82) is 0 Å². The summed E-state index contributed by atoms with van der Waals surface area (Å²) in [5.41, 5.74) is 2.04. The highest BCUT2D eigenvalue weighted by Gasteiger charge is 2.52. The number of fused-ring (bicyclic) bond motifs is 1. The van der Waals surface area contributed by atoms with Gasteiger partial charge in [-0.05, 0) is 19.1 Å². The Kier molecular flexibility index (Phi) is 8.48. The van der Waals surface area contributed by atoms with E-state index in [1.165, 1.54) is 18.7 Å². The molecule has 1 saturated heterocycles. The molecular weight excluding hydrogens is 490 g/mol. The van der Waals surface area contributed by atoms with Crippen LogP contribution in [0.4, 0.5) is 5.69 Å². The van der Waals surface area contributed by atoms with E-state index in [4.69, 9.17) is 23.8 Å². The molecule has 1 aromatic rings. The molecule has 2 aliphatic heterocycles. The minimum absolute atomic E-state index is 0.00550. The van der Waals surface area contributed by atoms with Crippen molar-refractivity contribution in [2.45, 2.75) is 65.3 Å². The van der Waals surface area contributed by atoms with Gasteiger partial charge in [0.25, 0.3) is 12.2 Å². The summed E-state index contributed by atoms with van der Waals surface area (Å²) in [5, 5.41) is 6.61. The molecular formula is C24H29N3O10. The summed E-state index contributed by atoms with van der Waals surface area (Å²) >= 11 is 0. The minimum atomic E-state index is -1.43. The predicted octanol–water partition coefficient (Wildman–Crippen LogP) is 0.348. The van der Waals surface area contributed by atoms with Crippen LogP contribution in [0.15, 0.2) is 23.4 Å². The third kappa shape index (κ3) is 6.42. The van der Waals surface area contributed by atoms with Gasteiger partial charge in [-0.2, -0.15) is 0 Å². The Labute approximate surface area is 213 Å². The molecule has 1 aromatic carbocycles. The number of hydrogen-bond acceptors (Lipinski definition) is 11. The largest absolute Gasteiger partial charge is 0.463 e. The molecule has 2 aliphatic rings. The highest BCUT2D eigenvalue weighted by Crippen LogP contribution is 2.31. The number of rotatable bonds is 7. The van der Waals surface area contributed by atoms with E-state index in [1.807, 2.05) is 13.0 Å². The fourth-order valence-electron chi connectivity index (χ4n) is 4.09. The van der Waals surface area contributed by atoms with Gasteiger partial charge in [-0.15, -0.1) is 0 Å². The van der Waals surface area contributed by atoms with Crippen LogP contribution < -0.4 is 10.2 Å². The highest BCUT2D eigenvalue weighted by molar-refractivity contribution is 6.54. The Morgan fingerprint density at radius 3 is 2.27 bits per heavy atom. The number of carbonyl (C=O) groups excluding carboxylic acids is 5. The SMILES string of the molecule is CC(=O)NC1C(ON=C2C(=O)N(C)c3ccc(C)cc32)OC(COC(C)=O)C(OC(C)=O)C1OC(C)=O. The van der Waals surface area contributed by atoms with Gasteiger partial charge < -0.3 is 34.0 Å². The zero-order chi connectivity index (χ0) is 27.4. The maximum absolute atomic E-state index is 12.9. The quantitative estimate of drug-likeness (QED) is 0.302. The average Bonchev–Trinajstić information content (AvgIpc) is 3.02. The lowest BCUT2D eigenvalue weighted by atomic mass is 9.96. The van der Waals surface area contributed by atoms with E-state index in [1.54, 1.807) is 19.2 Å². The second-order valence-corrected chi connectivity index (χ2v) is 8.65. The maximum atomic E-state index is 12.9. The molecule has 5 atom stereocenters. The molecule has 0 bridgehead atoms. The van der Waals surface area contributed by atoms with Gasteiger partial charge in [0.15, 0.2) is 17.9 Å². The van der Waals surface area contributed by atoms with Gasteiger partial charge in [-0.25, -0.2) is 0 Å². The number of likely N-dealkylation sites (N-methyl/N-ethyl adjacent to an activating group) is 1. The maximum Gasteiger partial charge on any atom is 0.303 e. The van der Waals surface area contributed by atoms with Crippen molar-refractivity contribution in [3.63, 3.8) is 0 Å². The van der Waals surface area contributed by atoms with Crippen molar-refractivity contribution in [2.24, 2.45) is 5.16 Å². The number of ether oxygens (including phenoxy) is 4. The molecule has 3 rings (SSSR count). The molecule has 2 amide bonds. The number of nitrogens with one attached hydrogen (secondary N) is 1. The Morgan fingerprint density at radius 2 is 1.68 bits per heavy atom. The molecule has 37 heavy (non-hydrogen) atoms. The average molecular weight is 520 g/mol. The first-order chi connectivity index (χ1) is 17.4. The van der Waals surface area contributed by atoms with E-state index < -0.39 is 67.0 Å². The summed E-state index contributed by atoms with van der Waals surface area (Å²) in [6.07, 6.45) is -5.17. The summed E-state index contributed by atoms with van der Waals surface area (Å²) in [5.74, 6) is -3.08. The normalized spacial score (nSPS) is 25.8. The van der Waals surface area contributed by atoms with E-state index in [9.17, 15) is 24.0 Å². The Balaban J connectivity index is 2.01. The lowest BCUT2D eigenvalue weighted by molar-refractivity contribution is -0.278. The van der Waals surface area contributed by atoms with E-state index in [0.717, 1.165) is 19.4 Å². The summed E-state index contributed by atoms with van der Waals surface area (Å²) in [7, 11) is 1.59. The van der Waals surface area contributed by atoms with Gasteiger partial charge >= 0.3 is 17.9 Å². The van der Waals surface area contributed by atoms with Crippen molar-refractivity contribution in [3.8, 4) is 0 Å². The molecule has 13 heteroatoms. The monoisotopic (exact) mass is 519 g/mol. The first kappa shape index (κ1) is 27.6.